The number of methoxy groups -OCH3 is 2. The van der Waals surface area contributed by atoms with Crippen LogP contribution < -0.4 is 9.47 Å². The molecule has 1 heterocycles. The number of ether oxygens (including phenoxy) is 2. The fourth-order valence-corrected chi connectivity index (χ4v) is 3.37. The second-order valence-electron chi connectivity index (χ2n) is 6.22. The van der Waals surface area contributed by atoms with Gasteiger partial charge in [-0.05, 0) is 44.2 Å². The Labute approximate surface area is 168 Å². The van der Waals surface area contributed by atoms with E-state index in [0.717, 1.165) is 11.4 Å². The van der Waals surface area contributed by atoms with Gasteiger partial charge in [0.1, 0.15) is 12.4 Å². The molecule has 0 fully saturated rings. The van der Waals surface area contributed by atoms with Gasteiger partial charge in [0, 0.05) is 16.3 Å². The fourth-order valence-electron chi connectivity index (χ4n) is 3.20. The van der Waals surface area contributed by atoms with Crippen molar-refractivity contribution in [2.24, 2.45) is 0 Å². The molecule has 7 heteroatoms. The molecule has 0 aliphatic carbocycles. The van der Waals surface area contributed by atoms with Gasteiger partial charge >= 0.3 is 0 Å². The topological polar surface area (TPSA) is 73.6 Å². The Hall–Kier alpha value is -2.83. The normalized spacial score (nSPS) is 10.8. The van der Waals surface area contributed by atoms with Crippen LogP contribution in [0.5, 0.6) is 11.5 Å². The first-order chi connectivity index (χ1) is 13.4. The maximum absolute atomic E-state index is 13.5. The molecule has 0 spiro atoms. The van der Waals surface area contributed by atoms with Gasteiger partial charge in [0.05, 0.1) is 31.2 Å². The second-order valence-corrected chi connectivity index (χ2v) is 6.66. The zero-order chi connectivity index (χ0) is 20.4. The van der Waals surface area contributed by atoms with Gasteiger partial charge in [0.15, 0.2) is 17.3 Å². The third-order valence-electron chi connectivity index (χ3n) is 4.65. The van der Waals surface area contributed by atoms with Crippen LogP contribution in [0, 0.1) is 13.8 Å². The molecular weight excluding hydrogens is 380 g/mol. The van der Waals surface area contributed by atoms with E-state index in [0.29, 0.717) is 39.2 Å². The third kappa shape index (κ3) is 3.37. The van der Waals surface area contributed by atoms with E-state index < -0.39 is 0 Å². The highest BCUT2D eigenvalue weighted by Gasteiger charge is 2.23. The SMILES string of the molecule is COc1cccc(C(=O)c2cc(Cl)ccc2-n2c(CO)nc(C)c2C)c1OC. The van der Waals surface area contributed by atoms with Crippen LogP contribution in [0.15, 0.2) is 36.4 Å². The van der Waals surface area contributed by atoms with Crippen molar-refractivity contribution < 1.29 is 19.4 Å². The summed E-state index contributed by atoms with van der Waals surface area (Å²) in [5.41, 5.74) is 2.91. The average molecular weight is 401 g/mol. The number of ketones is 1. The van der Waals surface area contributed by atoms with Gasteiger partial charge in [0.2, 0.25) is 0 Å². The number of carbonyl (C=O) groups excluding carboxylic acids is 1. The van der Waals surface area contributed by atoms with Gasteiger partial charge in [-0.15, -0.1) is 0 Å². The molecule has 0 aliphatic rings. The minimum atomic E-state index is -0.275. The minimum absolute atomic E-state index is 0.257. The van der Waals surface area contributed by atoms with Crippen molar-refractivity contribution in [3.05, 3.63) is 69.8 Å². The van der Waals surface area contributed by atoms with E-state index in [9.17, 15) is 9.90 Å². The van der Waals surface area contributed by atoms with Crippen molar-refractivity contribution in [1.82, 2.24) is 9.55 Å². The lowest BCUT2D eigenvalue weighted by molar-refractivity contribution is 0.103. The number of nitrogens with zero attached hydrogens (tertiary/aromatic N) is 2. The van der Waals surface area contributed by atoms with Crippen LogP contribution in [-0.4, -0.2) is 34.7 Å². The molecule has 0 radical (unpaired) electrons. The first kappa shape index (κ1) is 19.9. The summed E-state index contributed by atoms with van der Waals surface area (Å²) in [6.45, 7) is 3.48. The highest BCUT2D eigenvalue weighted by atomic mass is 35.5. The standard InChI is InChI=1S/C21H21ClN2O4/c1-12-13(2)24(19(11-25)23-12)17-9-8-14(22)10-16(17)20(26)15-6-5-7-18(27-3)21(15)28-4/h5-10,25H,11H2,1-4H3. The number of imidazole rings is 1. The van der Waals surface area contributed by atoms with Crippen LogP contribution in [0.4, 0.5) is 0 Å². The molecule has 0 saturated carbocycles. The number of aromatic nitrogens is 2. The highest BCUT2D eigenvalue weighted by Crippen LogP contribution is 2.34. The van der Waals surface area contributed by atoms with Gasteiger partial charge in [-0.2, -0.15) is 0 Å². The summed E-state index contributed by atoms with van der Waals surface area (Å²) in [5, 5.41) is 10.2. The number of carbonyl (C=O) groups is 1. The van der Waals surface area contributed by atoms with Gasteiger partial charge in [0.25, 0.3) is 0 Å². The van der Waals surface area contributed by atoms with Crippen LogP contribution in [0.2, 0.25) is 5.02 Å². The molecule has 0 aliphatic heterocycles. The Morgan fingerprint density at radius 3 is 2.54 bits per heavy atom. The first-order valence-corrected chi connectivity index (χ1v) is 9.02. The Balaban J connectivity index is 2.25. The third-order valence-corrected chi connectivity index (χ3v) is 4.88. The fraction of sp³-hybridized carbons (Fsp3) is 0.238. The summed E-state index contributed by atoms with van der Waals surface area (Å²) >= 11 is 6.20. The summed E-state index contributed by atoms with van der Waals surface area (Å²) < 4.78 is 12.5. The predicted molar refractivity (Wildman–Crippen MR) is 107 cm³/mol. The van der Waals surface area contributed by atoms with E-state index in [1.807, 2.05) is 13.8 Å². The minimum Gasteiger partial charge on any atom is -0.493 e. The van der Waals surface area contributed by atoms with E-state index in [1.54, 1.807) is 41.0 Å². The molecule has 28 heavy (non-hydrogen) atoms. The van der Waals surface area contributed by atoms with E-state index in [2.05, 4.69) is 4.98 Å². The summed E-state index contributed by atoms with van der Waals surface area (Å²) in [7, 11) is 3.00. The number of aliphatic hydroxyl groups excluding tert-OH is 1. The Morgan fingerprint density at radius 1 is 1.14 bits per heavy atom. The van der Waals surface area contributed by atoms with E-state index in [1.165, 1.54) is 14.2 Å². The number of para-hydroxylation sites is 1. The van der Waals surface area contributed by atoms with E-state index >= 15 is 0 Å². The lowest BCUT2D eigenvalue weighted by Crippen LogP contribution is -2.12. The maximum atomic E-state index is 13.5. The van der Waals surface area contributed by atoms with Crippen LogP contribution >= 0.6 is 11.6 Å². The molecule has 0 bridgehead atoms. The van der Waals surface area contributed by atoms with Crippen LogP contribution in [-0.2, 0) is 6.61 Å². The summed E-state index contributed by atoms with van der Waals surface area (Å²) in [6, 6.07) is 10.2. The monoisotopic (exact) mass is 400 g/mol. The number of hydrogen-bond acceptors (Lipinski definition) is 5. The molecule has 0 unspecified atom stereocenters. The van der Waals surface area contributed by atoms with Crippen molar-refractivity contribution in [3.8, 4) is 17.2 Å². The smallest absolute Gasteiger partial charge is 0.199 e. The molecule has 1 N–H and O–H groups in total. The van der Waals surface area contributed by atoms with Crippen LogP contribution in [0.25, 0.3) is 5.69 Å². The summed E-state index contributed by atoms with van der Waals surface area (Å²) in [4.78, 5) is 17.9. The van der Waals surface area contributed by atoms with Crippen molar-refractivity contribution in [3.63, 3.8) is 0 Å². The summed E-state index contributed by atoms with van der Waals surface area (Å²) in [6.07, 6.45) is 0. The van der Waals surface area contributed by atoms with Gasteiger partial charge < -0.3 is 14.6 Å². The molecule has 1 aromatic heterocycles. The lowest BCUT2D eigenvalue weighted by atomic mass is 10.00. The average Bonchev–Trinajstić information content (AvgIpc) is 3.00. The van der Waals surface area contributed by atoms with Gasteiger partial charge in [-0.25, -0.2) is 4.98 Å². The molecular formula is C21H21ClN2O4. The van der Waals surface area contributed by atoms with Gasteiger partial charge in [-0.1, -0.05) is 17.7 Å². The molecule has 3 rings (SSSR count). The first-order valence-electron chi connectivity index (χ1n) is 8.64. The largest absolute Gasteiger partial charge is 0.493 e. The molecule has 2 aromatic carbocycles. The summed E-state index contributed by atoms with van der Waals surface area (Å²) in [5.74, 6) is 0.983. The van der Waals surface area contributed by atoms with Crippen molar-refractivity contribution in [2.75, 3.05) is 14.2 Å². The molecule has 0 amide bonds. The number of halogens is 1. The molecule has 6 nitrogen and oxygen atoms in total. The van der Waals surface area contributed by atoms with Crippen LogP contribution in [0.3, 0.4) is 0 Å². The quantitative estimate of drug-likeness (QED) is 0.635. The number of aryl methyl sites for hydroxylation is 1. The molecule has 0 saturated heterocycles. The Morgan fingerprint density at radius 2 is 1.89 bits per heavy atom. The highest BCUT2D eigenvalue weighted by molar-refractivity contribution is 6.31. The molecule has 146 valence electrons. The van der Waals surface area contributed by atoms with E-state index in [-0.39, 0.29) is 12.4 Å². The zero-order valence-electron chi connectivity index (χ0n) is 16.1. The van der Waals surface area contributed by atoms with Crippen molar-refractivity contribution in [1.29, 1.82) is 0 Å². The Bertz CT molecular complexity index is 1040. The number of benzene rings is 2. The zero-order valence-corrected chi connectivity index (χ0v) is 16.9. The van der Waals surface area contributed by atoms with Gasteiger partial charge in [-0.3, -0.25) is 9.36 Å². The number of aliphatic hydroxyl groups is 1. The molecule has 0 atom stereocenters. The maximum Gasteiger partial charge on any atom is 0.199 e. The molecule has 3 aromatic rings. The Kier molecular flexibility index (Phi) is 5.72. The van der Waals surface area contributed by atoms with E-state index in [4.69, 9.17) is 21.1 Å². The van der Waals surface area contributed by atoms with Crippen molar-refractivity contribution in [2.45, 2.75) is 20.5 Å². The van der Waals surface area contributed by atoms with Crippen LogP contribution in [0.1, 0.15) is 33.1 Å². The number of hydrogen-bond donors (Lipinski definition) is 1. The predicted octanol–water partition coefficient (Wildman–Crippen LogP) is 3.88. The lowest BCUT2D eigenvalue weighted by Gasteiger charge is -2.16. The second kappa shape index (κ2) is 8.04. The van der Waals surface area contributed by atoms with Crippen molar-refractivity contribution >= 4 is 17.4 Å². The number of rotatable bonds is 6.